The van der Waals surface area contributed by atoms with Gasteiger partial charge in [-0.1, -0.05) is 29.3 Å². The second-order valence-corrected chi connectivity index (χ2v) is 6.34. The summed E-state index contributed by atoms with van der Waals surface area (Å²) in [6.45, 7) is 0.930. The molecule has 8 nitrogen and oxygen atoms in total. The molecule has 134 valence electrons. The van der Waals surface area contributed by atoms with Gasteiger partial charge in [0.1, 0.15) is 5.82 Å². The van der Waals surface area contributed by atoms with Gasteiger partial charge in [0.2, 0.25) is 0 Å². The molecule has 2 amide bonds. The number of carboxylic acids is 1. The van der Waals surface area contributed by atoms with E-state index in [2.05, 4.69) is 15.7 Å². The van der Waals surface area contributed by atoms with Gasteiger partial charge in [-0.15, -0.1) is 0 Å². The van der Waals surface area contributed by atoms with E-state index in [9.17, 15) is 14.7 Å². The number of carboxylic acid groups (broad SMARTS) is 1. The summed E-state index contributed by atoms with van der Waals surface area (Å²) in [6.07, 6.45) is 1.49. The van der Waals surface area contributed by atoms with Crippen LogP contribution in [-0.4, -0.2) is 44.1 Å². The molecule has 25 heavy (non-hydrogen) atoms. The third-order valence-electron chi connectivity index (χ3n) is 3.35. The van der Waals surface area contributed by atoms with Crippen molar-refractivity contribution in [3.63, 3.8) is 0 Å². The Morgan fingerprint density at radius 3 is 2.68 bits per heavy atom. The van der Waals surface area contributed by atoms with Crippen molar-refractivity contribution in [2.45, 2.75) is 19.1 Å². The molecule has 1 aromatic carbocycles. The summed E-state index contributed by atoms with van der Waals surface area (Å²) in [5.41, 5.74) is -1.30. The van der Waals surface area contributed by atoms with E-state index in [-0.39, 0.29) is 0 Å². The van der Waals surface area contributed by atoms with E-state index in [4.69, 9.17) is 28.3 Å². The molecule has 1 heterocycles. The number of nitrogens with zero attached hydrogens (tertiary/aromatic N) is 2. The molecule has 0 saturated carbocycles. The van der Waals surface area contributed by atoms with E-state index < -0.39 is 24.1 Å². The average Bonchev–Trinajstić information content (AvgIpc) is 2.95. The molecule has 0 aliphatic heterocycles. The molecule has 0 bridgehead atoms. The highest BCUT2D eigenvalue weighted by molar-refractivity contribution is 6.35. The standard InChI is InChI=1S/C15H16Cl2N4O4/c1-15(25,13(22)23)8-18-14(24)20-12-4-5-19-21(12)7-9-2-3-10(16)6-11(9)17/h2-6,25H,7-8H2,1H3,(H,22,23)(H2,18,20,24). The molecular formula is C15H16Cl2N4O4. The number of carbonyl (C=O) groups is 2. The Bertz CT molecular complexity index is 792. The number of aliphatic carboxylic acids is 1. The Morgan fingerprint density at radius 2 is 2.04 bits per heavy atom. The summed E-state index contributed by atoms with van der Waals surface area (Å²) < 4.78 is 1.50. The summed E-state index contributed by atoms with van der Waals surface area (Å²) in [4.78, 5) is 22.7. The van der Waals surface area contributed by atoms with Gasteiger partial charge in [-0.2, -0.15) is 5.10 Å². The smallest absolute Gasteiger partial charge is 0.337 e. The van der Waals surface area contributed by atoms with Crippen molar-refractivity contribution in [1.29, 1.82) is 0 Å². The van der Waals surface area contributed by atoms with Gasteiger partial charge < -0.3 is 15.5 Å². The van der Waals surface area contributed by atoms with Crippen LogP contribution in [-0.2, 0) is 11.3 Å². The number of nitrogens with one attached hydrogen (secondary N) is 2. The number of carbonyl (C=O) groups excluding carboxylic acids is 1. The molecule has 2 aromatic rings. The average molecular weight is 387 g/mol. The van der Waals surface area contributed by atoms with Gasteiger partial charge in [0.05, 0.1) is 19.3 Å². The fourth-order valence-corrected chi connectivity index (χ4v) is 2.33. The fourth-order valence-electron chi connectivity index (χ4n) is 1.86. The maximum absolute atomic E-state index is 11.9. The topological polar surface area (TPSA) is 116 Å². The van der Waals surface area contributed by atoms with Crippen LogP contribution in [0.25, 0.3) is 0 Å². The van der Waals surface area contributed by atoms with Crippen LogP contribution in [0.2, 0.25) is 10.0 Å². The second-order valence-electron chi connectivity index (χ2n) is 5.50. The number of urea groups is 1. The lowest BCUT2D eigenvalue weighted by molar-refractivity contribution is -0.155. The zero-order chi connectivity index (χ0) is 18.6. The number of amides is 2. The number of hydrogen-bond acceptors (Lipinski definition) is 4. The first-order chi connectivity index (χ1) is 11.7. The van der Waals surface area contributed by atoms with E-state index in [1.807, 2.05) is 0 Å². The quantitative estimate of drug-likeness (QED) is 0.606. The highest BCUT2D eigenvalue weighted by Crippen LogP contribution is 2.22. The number of aromatic nitrogens is 2. The monoisotopic (exact) mass is 386 g/mol. The lowest BCUT2D eigenvalue weighted by atomic mass is 10.1. The molecule has 0 aliphatic carbocycles. The number of halogens is 2. The highest BCUT2D eigenvalue weighted by atomic mass is 35.5. The van der Waals surface area contributed by atoms with Crippen molar-refractivity contribution in [3.8, 4) is 0 Å². The van der Waals surface area contributed by atoms with E-state index >= 15 is 0 Å². The number of anilines is 1. The molecule has 10 heteroatoms. The summed E-state index contributed by atoms with van der Waals surface area (Å²) in [5.74, 6) is -1.06. The summed E-state index contributed by atoms with van der Waals surface area (Å²) >= 11 is 12.0. The zero-order valence-electron chi connectivity index (χ0n) is 13.2. The van der Waals surface area contributed by atoms with Crippen molar-refractivity contribution in [2.75, 3.05) is 11.9 Å². The van der Waals surface area contributed by atoms with Crippen molar-refractivity contribution >= 4 is 41.0 Å². The Hall–Kier alpha value is -2.29. The number of aliphatic hydroxyl groups is 1. The molecule has 1 atom stereocenters. The summed E-state index contributed by atoms with van der Waals surface area (Å²) in [6, 6.07) is 5.94. The number of rotatable bonds is 6. The SMILES string of the molecule is CC(O)(CNC(=O)Nc1ccnn1Cc1ccc(Cl)cc1Cl)C(=O)O. The molecule has 4 N–H and O–H groups in total. The normalized spacial score (nSPS) is 13.1. The van der Waals surface area contributed by atoms with Crippen LogP contribution >= 0.6 is 23.2 Å². The van der Waals surface area contributed by atoms with Crippen LogP contribution in [0.4, 0.5) is 10.6 Å². The van der Waals surface area contributed by atoms with E-state index in [1.54, 1.807) is 24.3 Å². The van der Waals surface area contributed by atoms with Gasteiger partial charge in [0, 0.05) is 16.1 Å². The lowest BCUT2D eigenvalue weighted by Crippen LogP contribution is -2.47. The van der Waals surface area contributed by atoms with Crippen molar-refractivity contribution < 1.29 is 19.8 Å². The summed E-state index contributed by atoms with van der Waals surface area (Å²) in [5, 5.41) is 28.3. The summed E-state index contributed by atoms with van der Waals surface area (Å²) in [7, 11) is 0. The molecular weight excluding hydrogens is 371 g/mol. The molecule has 2 rings (SSSR count). The van der Waals surface area contributed by atoms with Gasteiger partial charge in [-0.05, 0) is 24.6 Å². The Labute approximate surface area is 153 Å². The van der Waals surface area contributed by atoms with Gasteiger partial charge in [-0.3, -0.25) is 5.32 Å². The van der Waals surface area contributed by atoms with Gasteiger partial charge in [0.15, 0.2) is 5.60 Å². The van der Waals surface area contributed by atoms with E-state index in [1.165, 1.54) is 10.9 Å². The van der Waals surface area contributed by atoms with Gasteiger partial charge >= 0.3 is 12.0 Å². The van der Waals surface area contributed by atoms with Crippen LogP contribution in [0, 0.1) is 0 Å². The lowest BCUT2D eigenvalue weighted by Gasteiger charge is -2.18. The molecule has 0 fully saturated rings. The van der Waals surface area contributed by atoms with Crippen molar-refractivity contribution in [1.82, 2.24) is 15.1 Å². The number of benzene rings is 1. The van der Waals surface area contributed by atoms with Gasteiger partial charge in [0.25, 0.3) is 0 Å². The van der Waals surface area contributed by atoms with Gasteiger partial charge in [-0.25, -0.2) is 14.3 Å². The minimum Gasteiger partial charge on any atom is -0.479 e. The highest BCUT2D eigenvalue weighted by Gasteiger charge is 2.30. The third-order valence-corrected chi connectivity index (χ3v) is 3.93. The maximum atomic E-state index is 11.9. The van der Waals surface area contributed by atoms with Crippen molar-refractivity contribution in [2.24, 2.45) is 0 Å². The first-order valence-corrected chi connectivity index (χ1v) is 7.91. The molecule has 1 aromatic heterocycles. The molecule has 0 radical (unpaired) electrons. The predicted molar refractivity (Wildman–Crippen MR) is 93.1 cm³/mol. The zero-order valence-corrected chi connectivity index (χ0v) is 14.7. The Morgan fingerprint density at radius 1 is 1.32 bits per heavy atom. The maximum Gasteiger partial charge on any atom is 0.337 e. The van der Waals surface area contributed by atoms with Crippen LogP contribution in [0.5, 0.6) is 0 Å². The number of hydrogen-bond donors (Lipinski definition) is 4. The van der Waals surface area contributed by atoms with Crippen LogP contribution in [0.15, 0.2) is 30.5 Å². The van der Waals surface area contributed by atoms with E-state index in [0.717, 1.165) is 12.5 Å². The third kappa shape index (κ3) is 5.09. The van der Waals surface area contributed by atoms with Crippen LogP contribution < -0.4 is 10.6 Å². The first-order valence-electron chi connectivity index (χ1n) is 7.15. The first kappa shape index (κ1) is 19.0. The molecule has 1 unspecified atom stereocenters. The van der Waals surface area contributed by atoms with Crippen LogP contribution in [0.3, 0.4) is 0 Å². The molecule has 0 spiro atoms. The van der Waals surface area contributed by atoms with Crippen LogP contribution in [0.1, 0.15) is 12.5 Å². The molecule has 0 aliphatic rings. The predicted octanol–water partition coefficient (Wildman–Crippen LogP) is 2.20. The minimum atomic E-state index is -2.06. The Balaban J connectivity index is 2.01. The van der Waals surface area contributed by atoms with E-state index in [0.29, 0.717) is 22.4 Å². The largest absolute Gasteiger partial charge is 0.479 e. The van der Waals surface area contributed by atoms with Crippen molar-refractivity contribution in [3.05, 3.63) is 46.1 Å². The molecule has 0 saturated heterocycles. The Kier molecular flexibility index (Phi) is 5.89. The fraction of sp³-hybridized carbons (Fsp3) is 0.267. The second kappa shape index (κ2) is 7.73. The minimum absolute atomic E-state index is 0.297.